The van der Waals surface area contributed by atoms with Gasteiger partial charge in [0.05, 0.1) is 6.42 Å². The first kappa shape index (κ1) is 25.4. The standard InChI is InChI=1S/C31H33N3O4/c1-4-9-22-12-8-13-24-25(20(2)32-30(22)24)18-29(35)33-26(16-21-10-6-5-7-11-21)31(36)34(3)23-14-15-27-28(17-23)38-19-37-27/h5-8,10-15,17,26,32H,4,9,16,18-19H2,1-3H3,(H,33,35)/t26-/m0/s1. The molecule has 1 aliphatic heterocycles. The normalized spacial score (nSPS) is 12.9. The van der Waals surface area contributed by atoms with Crippen LogP contribution in [-0.4, -0.2) is 36.7 Å². The van der Waals surface area contributed by atoms with Crippen molar-refractivity contribution in [2.45, 2.75) is 45.6 Å². The number of anilines is 1. The van der Waals surface area contributed by atoms with Gasteiger partial charge in [0.2, 0.25) is 18.6 Å². The zero-order valence-corrected chi connectivity index (χ0v) is 22.0. The number of likely N-dealkylation sites (N-methyl/N-ethyl adjacent to an activating group) is 1. The number of benzene rings is 3. The number of hydrogen-bond donors (Lipinski definition) is 2. The van der Waals surface area contributed by atoms with Crippen molar-refractivity contribution in [2.24, 2.45) is 0 Å². The Hall–Kier alpha value is -4.26. The predicted octanol–water partition coefficient (Wildman–Crippen LogP) is 5.09. The summed E-state index contributed by atoms with van der Waals surface area (Å²) in [7, 11) is 1.71. The summed E-state index contributed by atoms with van der Waals surface area (Å²) in [5.74, 6) is 0.855. The van der Waals surface area contributed by atoms with Gasteiger partial charge < -0.3 is 24.7 Å². The van der Waals surface area contributed by atoms with E-state index in [4.69, 9.17) is 9.47 Å². The maximum absolute atomic E-state index is 13.7. The number of aryl methyl sites for hydroxylation is 2. The second-order valence-corrected chi connectivity index (χ2v) is 9.74. The van der Waals surface area contributed by atoms with Crippen LogP contribution in [0.5, 0.6) is 11.5 Å². The minimum Gasteiger partial charge on any atom is -0.454 e. The van der Waals surface area contributed by atoms with Crippen LogP contribution >= 0.6 is 0 Å². The third-order valence-electron chi connectivity index (χ3n) is 7.09. The van der Waals surface area contributed by atoms with E-state index in [9.17, 15) is 9.59 Å². The zero-order valence-electron chi connectivity index (χ0n) is 22.0. The van der Waals surface area contributed by atoms with Crippen molar-refractivity contribution in [2.75, 3.05) is 18.7 Å². The molecule has 38 heavy (non-hydrogen) atoms. The molecule has 7 nitrogen and oxygen atoms in total. The lowest BCUT2D eigenvalue weighted by Gasteiger charge is -2.25. The van der Waals surface area contributed by atoms with Gasteiger partial charge in [-0.25, -0.2) is 0 Å². The number of amides is 2. The Morgan fingerprint density at radius 1 is 1.03 bits per heavy atom. The SMILES string of the molecule is CCCc1cccc2c(CC(=O)N[C@@H](Cc3ccccc3)C(=O)N(C)c3ccc4c(c3)OCO4)c(C)[nH]c12. The minimum atomic E-state index is -0.735. The van der Waals surface area contributed by atoms with Crippen molar-refractivity contribution in [1.82, 2.24) is 10.3 Å². The van der Waals surface area contributed by atoms with Crippen LogP contribution in [0, 0.1) is 6.92 Å². The highest BCUT2D eigenvalue weighted by molar-refractivity contribution is 6.00. The van der Waals surface area contributed by atoms with Gasteiger partial charge in [0, 0.05) is 41.8 Å². The van der Waals surface area contributed by atoms with Crippen LogP contribution in [0.15, 0.2) is 66.7 Å². The van der Waals surface area contributed by atoms with Crippen molar-refractivity contribution in [3.63, 3.8) is 0 Å². The third kappa shape index (κ3) is 5.23. The second kappa shape index (κ2) is 11.0. The number of fused-ring (bicyclic) bond motifs is 2. The fraction of sp³-hybridized carbons (Fsp3) is 0.290. The number of nitrogens with zero attached hydrogens (tertiary/aromatic N) is 1. The first-order valence-electron chi connectivity index (χ1n) is 13.0. The van der Waals surface area contributed by atoms with Crippen LogP contribution in [0.4, 0.5) is 5.69 Å². The van der Waals surface area contributed by atoms with E-state index in [1.807, 2.05) is 49.4 Å². The second-order valence-electron chi connectivity index (χ2n) is 9.74. The number of para-hydroxylation sites is 1. The van der Waals surface area contributed by atoms with Gasteiger partial charge >= 0.3 is 0 Å². The van der Waals surface area contributed by atoms with Gasteiger partial charge in [-0.05, 0) is 42.2 Å². The number of carbonyl (C=O) groups is 2. The van der Waals surface area contributed by atoms with E-state index in [-0.39, 0.29) is 25.0 Å². The Morgan fingerprint density at radius 2 is 1.82 bits per heavy atom. The lowest BCUT2D eigenvalue weighted by atomic mass is 10.0. The van der Waals surface area contributed by atoms with E-state index in [1.165, 1.54) is 5.56 Å². The number of aromatic amines is 1. The van der Waals surface area contributed by atoms with Crippen molar-refractivity contribution in [3.8, 4) is 11.5 Å². The molecule has 0 bridgehead atoms. The smallest absolute Gasteiger partial charge is 0.249 e. The molecular weight excluding hydrogens is 478 g/mol. The molecular formula is C31H33N3O4. The molecule has 1 atom stereocenters. The van der Waals surface area contributed by atoms with E-state index in [1.54, 1.807) is 24.1 Å². The van der Waals surface area contributed by atoms with Crippen LogP contribution in [0.3, 0.4) is 0 Å². The van der Waals surface area contributed by atoms with Crippen LogP contribution in [-0.2, 0) is 28.9 Å². The number of carbonyl (C=O) groups excluding carboxylic acids is 2. The summed E-state index contributed by atoms with van der Waals surface area (Å²) in [4.78, 5) is 32.2. The monoisotopic (exact) mass is 511 g/mol. The fourth-order valence-electron chi connectivity index (χ4n) is 5.08. The number of aromatic nitrogens is 1. The molecule has 1 aliphatic rings. The first-order chi connectivity index (χ1) is 18.4. The van der Waals surface area contributed by atoms with E-state index in [2.05, 4.69) is 29.4 Å². The summed E-state index contributed by atoms with van der Waals surface area (Å²) < 4.78 is 10.9. The summed E-state index contributed by atoms with van der Waals surface area (Å²) in [6.07, 6.45) is 2.59. The molecule has 0 saturated carbocycles. The number of rotatable bonds is 9. The van der Waals surface area contributed by atoms with Crippen molar-refractivity contribution >= 4 is 28.4 Å². The van der Waals surface area contributed by atoms with Gasteiger partial charge in [-0.2, -0.15) is 0 Å². The molecule has 0 radical (unpaired) electrons. The van der Waals surface area contributed by atoms with Crippen LogP contribution < -0.4 is 19.7 Å². The molecule has 2 N–H and O–H groups in total. The molecule has 0 saturated heterocycles. The fourth-order valence-corrected chi connectivity index (χ4v) is 5.08. The average molecular weight is 512 g/mol. The highest BCUT2D eigenvalue weighted by atomic mass is 16.7. The molecule has 196 valence electrons. The molecule has 0 spiro atoms. The van der Waals surface area contributed by atoms with Crippen LogP contribution in [0.2, 0.25) is 0 Å². The minimum absolute atomic E-state index is 0.163. The lowest BCUT2D eigenvalue weighted by molar-refractivity contribution is -0.127. The lowest BCUT2D eigenvalue weighted by Crippen LogP contribution is -2.49. The number of H-pyrrole nitrogens is 1. The number of ether oxygens (including phenoxy) is 2. The Bertz CT molecular complexity index is 1460. The Labute approximate surface area is 222 Å². The molecule has 0 aliphatic carbocycles. The molecule has 2 amide bonds. The predicted molar refractivity (Wildman–Crippen MR) is 149 cm³/mol. The van der Waals surface area contributed by atoms with Crippen LogP contribution in [0.25, 0.3) is 10.9 Å². The van der Waals surface area contributed by atoms with Gasteiger partial charge in [0.25, 0.3) is 0 Å². The van der Waals surface area contributed by atoms with Gasteiger partial charge in [-0.3, -0.25) is 9.59 Å². The Balaban J connectivity index is 1.38. The van der Waals surface area contributed by atoms with Crippen molar-refractivity contribution < 1.29 is 19.1 Å². The Morgan fingerprint density at radius 3 is 2.61 bits per heavy atom. The zero-order chi connectivity index (χ0) is 26.6. The summed E-state index contributed by atoms with van der Waals surface area (Å²) in [6.45, 7) is 4.32. The first-order valence-corrected chi connectivity index (χ1v) is 13.0. The summed E-state index contributed by atoms with van der Waals surface area (Å²) in [5.41, 5.74) is 5.92. The summed E-state index contributed by atoms with van der Waals surface area (Å²) >= 11 is 0. The quantitative estimate of drug-likeness (QED) is 0.328. The molecule has 0 fully saturated rings. The van der Waals surface area contributed by atoms with Crippen molar-refractivity contribution in [3.05, 3.63) is 89.1 Å². The topological polar surface area (TPSA) is 83.7 Å². The van der Waals surface area contributed by atoms with E-state index in [0.717, 1.165) is 40.6 Å². The van der Waals surface area contributed by atoms with E-state index >= 15 is 0 Å². The van der Waals surface area contributed by atoms with Crippen molar-refractivity contribution in [1.29, 1.82) is 0 Å². The molecule has 5 rings (SSSR count). The number of hydrogen-bond acceptors (Lipinski definition) is 4. The van der Waals surface area contributed by atoms with Gasteiger partial charge in [0.1, 0.15) is 6.04 Å². The molecule has 3 aromatic carbocycles. The van der Waals surface area contributed by atoms with Gasteiger partial charge in [-0.1, -0.05) is 61.9 Å². The molecule has 4 aromatic rings. The van der Waals surface area contributed by atoms with E-state index in [0.29, 0.717) is 23.6 Å². The third-order valence-corrected chi connectivity index (χ3v) is 7.09. The van der Waals surface area contributed by atoms with Gasteiger partial charge in [-0.15, -0.1) is 0 Å². The molecule has 2 heterocycles. The largest absolute Gasteiger partial charge is 0.454 e. The van der Waals surface area contributed by atoms with Crippen LogP contribution in [0.1, 0.15) is 35.7 Å². The highest BCUT2D eigenvalue weighted by Gasteiger charge is 2.27. The summed E-state index contributed by atoms with van der Waals surface area (Å²) in [6, 6.07) is 20.6. The average Bonchev–Trinajstić information content (AvgIpc) is 3.52. The summed E-state index contributed by atoms with van der Waals surface area (Å²) in [5, 5.41) is 4.10. The van der Waals surface area contributed by atoms with E-state index < -0.39 is 6.04 Å². The highest BCUT2D eigenvalue weighted by Crippen LogP contribution is 2.35. The number of nitrogens with one attached hydrogen (secondary N) is 2. The molecule has 1 aromatic heterocycles. The molecule has 7 heteroatoms. The Kier molecular flexibility index (Phi) is 7.36. The van der Waals surface area contributed by atoms with Gasteiger partial charge in [0.15, 0.2) is 11.5 Å². The molecule has 0 unspecified atom stereocenters. The maximum Gasteiger partial charge on any atom is 0.249 e. The maximum atomic E-state index is 13.7.